The summed E-state index contributed by atoms with van der Waals surface area (Å²) in [5, 5.41) is 7.12. The van der Waals surface area contributed by atoms with Crippen LogP contribution in [0.2, 0.25) is 5.02 Å². The van der Waals surface area contributed by atoms with Gasteiger partial charge in [0.2, 0.25) is 5.91 Å². The average Bonchev–Trinajstić information content (AvgIpc) is 2.69. The Hall–Kier alpha value is -2.62. The second-order valence-electron chi connectivity index (χ2n) is 6.53. The Balaban J connectivity index is 1.67. The standard InChI is InChI=1S/C23H23ClN2O/c1-17-7-13-21(14-8-17)26-23(27)22(19-5-3-2-4-6-19)25-16-15-18-9-11-20(24)12-10-18/h2-14,22,25H,15-16H2,1H3,(H,26,27). The van der Waals surface area contributed by atoms with Gasteiger partial charge in [-0.25, -0.2) is 0 Å². The molecule has 3 rings (SSSR count). The molecule has 0 bridgehead atoms. The number of halogens is 1. The van der Waals surface area contributed by atoms with Crippen molar-refractivity contribution in [1.82, 2.24) is 5.32 Å². The van der Waals surface area contributed by atoms with E-state index in [4.69, 9.17) is 11.6 Å². The highest BCUT2D eigenvalue weighted by Crippen LogP contribution is 2.17. The summed E-state index contributed by atoms with van der Waals surface area (Å²) in [6.07, 6.45) is 0.818. The van der Waals surface area contributed by atoms with E-state index in [2.05, 4.69) is 10.6 Å². The molecule has 3 aromatic carbocycles. The second kappa shape index (κ2) is 9.36. The molecule has 0 aliphatic carbocycles. The van der Waals surface area contributed by atoms with E-state index in [1.807, 2.05) is 85.8 Å². The van der Waals surface area contributed by atoms with Crippen molar-refractivity contribution < 1.29 is 4.79 Å². The van der Waals surface area contributed by atoms with Gasteiger partial charge in [0, 0.05) is 17.3 Å². The Morgan fingerprint density at radius 2 is 1.59 bits per heavy atom. The van der Waals surface area contributed by atoms with Gasteiger partial charge in [-0.1, -0.05) is 71.8 Å². The van der Waals surface area contributed by atoms with Crippen LogP contribution in [-0.2, 0) is 11.2 Å². The van der Waals surface area contributed by atoms with Crippen molar-refractivity contribution in [3.05, 3.63) is 101 Å². The summed E-state index contributed by atoms with van der Waals surface area (Å²) in [5.74, 6) is -0.0684. The number of nitrogens with one attached hydrogen (secondary N) is 2. The molecule has 0 heterocycles. The highest BCUT2D eigenvalue weighted by Gasteiger charge is 2.19. The van der Waals surface area contributed by atoms with Gasteiger partial charge < -0.3 is 10.6 Å². The molecule has 3 aromatic rings. The van der Waals surface area contributed by atoms with Crippen molar-refractivity contribution in [3.63, 3.8) is 0 Å². The second-order valence-corrected chi connectivity index (χ2v) is 6.97. The number of aryl methyl sites for hydroxylation is 1. The van der Waals surface area contributed by atoms with Crippen LogP contribution in [0.5, 0.6) is 0 Å². The minimum atomic E-state index is -0.417. The Morgan fingerprint density at radius 1 is 0.926 bits per heavy atom. The molecule has 0 saturated carbocycles. The van der Waals surface area contributed by atoms with Crippen LogP contribution in [0.1, 0.15) is 22.7 Å². The first-order valence-electron chi connectivity index (χ1n) is 9.02. The lowest BCUT2D eigenvalue weighted by Gasteiger charge is -2.19. The maximum Gasteiger partial charge on any atom is 0.246 e. The van der Waals surface area contributed by atoms with Gasteiger partial charge in [-0.05, 0) is 48.7 Å². The molecule has 0 spiro atoms. The molecule has 138 valence electrons. The van der Waals surface area contributed by atoms with Crippen LogP contribution in [0.15, 0.2) is 78.9 Å². The van der Waals surface area contributed by atoms with E-state index in [0.29, 0.717) is 6.54 Å². The quantitative estimate of drug-likeness (QED) is 0.596. The van der Waals surface area contributed by atoms with E-state index in [9.17, 15) is 4.79 Å². The van der Waals surface area contributed by atoms with Crippen LogP contribution in [0.3, 0.4) is 0 Å². The fourth-order valence-corrected chi connectivity index (χ4v) is 3.00. The number of benzene rings is 3. The molecule has 1 amide bonds. The van der Waals surface area contributed by atoms with Gasteiger partial charge >= 0.3 is 0 Å². The van der Waals surface area contributed by atoms with Crippen LogP contribution in [0.4, 0.5) is 5.69 Å². The Kier molecular flexibility index (Phi) is 6.64. The van der Waals surface area contributed by atoms with Gasteiger partial charge in [0.15, 0.2) is 0 Å². The molecule has 0 saturated heterocycles. The Morgan fingerprint density at radius 3 is 2.26 bits per heavy atom. The number of hydrogen-bond donors (Lipinski definition) is 2. The highest BCUT2D eigenvalue weighted by molar-refractivity contribution is 6.30. The molecule has 1 atom stereocenters. The van der Waals surface area contributed by atoms with Gasteiger partial charge in [0.05, 0.1) is 0 Å². The predicted molar refractivity (Wildman–Crippen MR) is 112 cm³/mol. The smallest absolute Gasteiger partial charge is 0.246 e. The number of carbonyl (C=O) groups excluding carboxylic acids is 1. The number of rotatable bonds is 7. The SMILES string of the molecule is Cc1ccc(NC(=O)C(NCCc2ccc(Cl)cc2)c2ccccc2)cc1. The maximum absolute atomic E-state index is 12.9. The first kappa shape index (κ1) is 19.2. The Labute approximate surface area is 165 Å². The minimum Gasteiger partial charge on any atom is -0.324 e. The summed E-state index contributed by atoms with van der Waals surface area (Å²) in [4.78, 5) is 12.9. The zero-order valence-electron chi connectivity index (χ0n) is 15.3. The summed E-state index contributed by atoms with van der Waals surface area (Å²) < 4.78 is 0. The van der Waals surface area contributed by atoms with Crippen molar-refractivity contribution in [2.24, 2.45) is 0 Å². The van der Waals surface area contributed by atoms with E-state index in [1.54, 1.807) is 0 Å². The third kappa shape index (κ3) is 5.68. The van der Waals surface area contributed by atoms with Gasteiger partial charge in [-0.2, -0.15) is 0 Å². The van der Waals surface area contributed by atoms with Crippen LogP contribution in [0, 0.1) is 6.92 Å². The molecule has 0 aliphatic heterocycles. The van der Waals surface area contributed by atoms with Crippen molar-refractivity contribution in [2.45, 2.75) is 19.4 Å². The average molecular weight is 379 g/mol. The zero-order chi connectivity index (χ0) is 19.1. The summed E-state index contributed by atoms with van der Waals surface area (Å²) >= 11 is 5.94. The number of hydrogen-bond acceptors (Lipinski definition) is 2. The third-order valence-electron chi connectivity index (χ3n) is 4.39. The molecular weight excluding hydrogens is 356 g/mol. The van der Waals surface area contributed by atoms with Crippen LogP contribution in [-0.4, -0.2) is 12.5 Å². The van der Waals surface area contributed by atoms with E-state index in [1.165, 1.54) is 5.56 Å². The molecule has 3 nitrogen and oxygen atoms in total. The summed E-state index contributed by atoms with van der Waals surface area (Å²) in [7, 11) is 0. The Bertz CT molecular complexity index is 861. The highest BCUT2D eigenvalue weighted by atomic mass is 35.5. The van der Waals surface area contributed by atoms with Crippen molar-refractivity contribution in [1.29, 1.82) is 0 Å². The molecule has 0 fully saturated rings. The fraction of sp³-hybridized carbons (Fsp3) is 0.174. The zero-order valence-corrected chi connectivity index (χ0v) is 16.0. The van der Waals surface area contributed by atoms with E-state index < -0.39 is 6.04 Å². The number of carbonyl (C=O) groups is 1. The van der Waals surface area contributed by atoms with Crippen molar-refractivity contribution >= 4 is 23.2 Å². The van der Waals surface area contributed by atoms with Gasteiger partial charge in [0.1, 0.15) is 6.04 Å². The molecule has 2 N–H and O–H groups in total. The van der Waals surface area contributed by atoms with E-state index in [0.717, 1.165) is 28.3 Å². The first-order valence-corrected chi connectivity index (χ1v) is 9.40. The lowest BCUT2D eigenvalue weighted by atomic mass is 10.1. The monoisotopic (exact) mass is 378 g/mol. The molecule has 1 unspecified atom stereocenters. The van der Waals surface area contributed by atoms with Crippen LogP contribution < -0.4 is 10.6 Å². The van der Waals surface area contributed by atoms with E-state index in [-0.39, 0.29) is 5.91 Å². The molecule has 0 aliphatic rings. The molecular formula is C23H23ClN2O. The van der Waals surface area contributed by atoms with E-state index >= 15 is 0 Å². The third-order valence-corrected chi connectivity index (χ3v) is 4.64. The number of anilines is 1. The molecule has 27 heavy (non-hydrogen) atoms. The lowest BCUT2D eigenvalue weighted by molar-refractivity contribution is -0.118. The molecule has 4 heteroatoms. The van der Waals surface area contributed by atoms with Gasteiger partial charge in [0.25, 0.3) is 0 Å². The first-order chi connectivity index (χ1) is 13.1. The summed E-state index contributed by atoms with van der Waals surface area (Å²) in [6, 6.07) is 25.0. The van der Waals surface area contributed by atoms with Gasteiger partial charge in [-0.3, -0.25) is 4.79 Å². The normalized spacial score (nSPS) is 11.8. The fourth-order valence-electron chi connectivity index (χ4n) is 2.87. The molecule has 0 radical (unpaired) electrons. The largest absolute Gasteiger partial charge is 0.324 e. The predicted octanol–water partition coefficient (Wildman–Crippen LogP) is 5.16. The summed E-state index contributed by atoms with van der Waals surface area (Å²) in [6.45, 7) is 2.71. The maximum atomic E-state index is 12.9. The van der Waals surface area contributed by atoms with Gasteiger partial charge in [-0.15, -0.1) is 0 Å². The number of amides is 1. The molecule has 0 aromatic heterocycles. The van der Waals surface area contributed by atoms with Crippen molar-refractivity contribution in [3.8, 4) is 0 Å². The minimum absolute atomic E-state index is 0.0684. The topological polar surface area (TPSA) is 41.1 Å². The van der Waals surface area contributed by atoms with Crippen LogP contribution in [0.25, 0.3) is 0 Å². The summed E-state index contributed by atoms with van der Waals surface area (Å²) in [5.41, 5.74) is 4.08. The van der Waals surface area contributed by atoms with Crippen LogP contribution >= 0.6 is 11.6 Å². The van der Waals surface area contributed by atoms with Crippen molar-refractivity contribution in [2.75, 3.05) is 11.9 Å². The lowest BCUT2D eigenvalue weighted by Crippen LogP contribution is -2.34.